The molecule has 1 N–H and O–H groups in total. The standard InChI is InChI=1S/C18H17F2NO5/c1-4-13-15(17(23)25-3)9(2)16(21-13)18(24)26-8-14(22)10-5-6-11(19)12(20)7-10/h5-7,21H,4,8H2,1-3H3. The largest absolute Gasteiger partial charge is 0.465 e. The summed E-state index contributed by atoms with van der Waals surface area (Å²) < 4.78 is 35.7. The third kappa shape index (κ3) is 3.79. The van der Waals surface area contributed by atoms with Crippen LogP contribution in [-0.2, 0) is 15.9 Å². The maximum absolute atomic E-state index is 13.2. The molecule has 0 bridgehead atoms. The number of hydrogen-bond donors (Lipinski definition) is 1. The van der Waals surface area contributed by atoms with Crippen LogP contribution in [0.4, 0.5) is 8.78 Å². The van der Waals surface area contributed by atoms with E-state index in [0.717, 1.165) is 18.2 Å². The first kappa shape index (κ1) is 19.3. The van der Waals surface area contributed by atoms with Crippen molar-refractivity contribution in [3.63, 3.8) is 0 Å². The second-order valence-electron chi connectivity index (χ2n) is 5.45. The minimum absolute atomic E-state index is 0.0281. The number of rotatable bonds is 6. The lowest BCUT2D eigenvalue weighted by Gasteiger charge is -2.05. The van der Waals surface area contributed by atoms with Gasteiger partial charge in [-0.05, 0) is 37.1 Å². The average Bonchev–Trinajstić information content (AvgIpc) is 2.97. The summed E-state index contributed by atoms with van der Waals surface area (Å²) in [6.45, 7) is 2.69. The number of methoxy groups -OCH3 is 1. The highest BCUT2D eigenvalue weighted by molar-refractivity contribution is 6.01. The maximum Gasteiger partial charge on any atom is 0.355 e. The van der Waals surface area contributed by atoms with Gasteiger partial charge in [0.15, 0.2) is 24.0 Å². The Kier molecular flexibility index (Phi) is 5.86. The molecular formula is C18H17F2NO5. The Bertz CT molecular complexity index is 873. The van der Waals surface area contributed by atoms with E-state index in [4.69, 9.17) is 9.47 Å². The van der Waals surface area contributed by atoms with Gasteiger partial charge in [0.1, 0.15) is 5.69 Å². The molecule has 0 fully saturated rings. The molecule has 1 aromatic carbocycles. The number of benzene rings is 1. The van der Waals surface area contributed by atoms with E-state index in [0.29, 0.717) is 17.7 Å². The lowest BCUT2D eigenvalue weighted by Crippen LogP contribution is -2.15. The van der Waals surface area contributed by atoms with E-state index in [1.165, 1.54) is 7.11 Å². The first-order valence-corrected chi connectivity index (χ1v) is 7.75. The quantitative estimate of drug-likeness (QED) is 0.628. The summed E-state index contributed by atoms with van der Waals surface area (Å²) in [5.41, 5.74) is 1.01. The summed E-state index contributed by atoms with van der Waals surface area (Å²) in [5, 5.41) is 0. The summed E-state index contributed by atoms with van der Waals surface area (Å²) >= 11 is 0. The molecule has 0 saturated heterocycles. The van der Waals surface area contributed by atoms with E-state index in [1.807, 2.05) is 0 Å². The molecule has 2 rings (SSSR count). The monoisotopic (exact) mass is 365 g/mol. The molecule has 26 heavy (non-hydrogen) atoms. The van der Waals surface area contributed by atoms with Gasteiger partial charge in [0.25, 0.3) is 0 Å². The minimum Gasteiger partial charge on any atom is -0.465 e. The van der Waals surface area contributed by atoms with Crippen LogP contribution in [0.25, 0.3) is 0 Å². The fourth-order valence-corrected chi connectivity index (χ4v) is 2.46. The third-order valence-corrected chi connectivity index (χ3v) is 3.85. The molecule has 6 nitrogen and oxygen atoms in total. The number of ether oxygens (including phenoxy) is 2. The first-order chi connectivity index (χ1) is 12.3. The Balaban J connectivity index is 2.15. The molecule has 0 radical (unpaired) electrons. The van der Waals surface area contributed by atoms with Crippen molar-refractivity contribution in [2.24, 2.45) is 0 Å². The molecular weight excluding hydrogens is 348 g/mol. The van der Waals surface area contributed by atoms with Crippen molar-refractivity contribution in [2.45, 2.75) is 20.3 Å². The van der Waals surface area contributed by atoms with Gasteiger partial charge in [-0.2, -0.15) is 0 Å². The number of esters is 2. The van der Waals surface area contributed by atoms with Crippen LogP contribution in [0.15, 0.2) is 18.2 Å². The van der Waals surface area contributed by atoms with Crippen LogP contribution in [0.3, 0.4) is 0 Å². The van der Waals surface area contributed by atoms with Gasteiger partial charge in [-0.3, -0.25) is 4.79 Å². The number of halogens is 2. The molecule has 1 heterocycles. The Hall–Kier alpha value is -3.03. The smallest absolute Gasteiger partial charge is 0.355 e. The lowest BCUT2D eigenvalue weighted by molar-refractivity contribution is 0.0468. The highest BCUT2D eigenvalue weighted by atomic mass is 19.2. The molecule has 0 aliphatic heterocycles. The van der Waals surface area contributed by atoms with E-state index in [2.05, 4.69) is 4.98 Å². The van der Waals surface area contributed by atoms with Crippen LogP contribution in [-0.4, -0.2) is 36.4 Å². The van der Waals surface area contributed by atoms with Crippen LogP contribution in [0.2, 0.25) is 0 Å². The van der Waals surface area contributed by atoms with E-state index >= 15 is 0 Å². The highest BCUT2D eigenvalue weighted by Gasteiger charge is 2.25. The van der Waals surface area contributed by atoms with Crippen LogP contribution in [0.1, 0.15) is 49.4 Å². The zero-order valence-corrected chi connectivity index (χ0v) is 14.4. The van der Waals surface area contributed by atoms with E-state index in [1.54, 1.807) is 13.8 Å². The SMILES string of the molecule is CCc1[nH]c(C(=O)OCC(=O)c2ccc(F)c(F)c2)c(C)c1C(=O)OC. The van der Waals surface area contributed by atoms with Gasteiger partial charge >= 0.3 is 11.9 Å². The number of H-pyrrole nitrogens is 1. The number of ketones is 1. The van der Waals surface area contributed by atoms with Crippen LogP contribution in [0, 0.1) is 18.6 Å². The number of carbonyl (C=O) groups is 3. The molecule has 0 spiro atoms. The maximum atomic E-state index is 13.2. The van der Waals surface area contributed by atoms with Crippen molar-refractivity contribution in [3.05, 3.63) is 57.9 Å². The number of carbonyl (C=O) groups excluding carboxylic acids is 3. The Morgan fingerprint density at radius 3 is 2.38 bits per heavy atom. The van der Waals surface area contributed by atoms with Gasteiger partial charge in [0, 0.05) is 11.3 Å². The second kappa shape index (κ2) is 7.90. The van der Waals surface area contributed by atoms with Gasteiger partial charge in [0.2, 0.25) is 0 Å². The third-order valence-electron chi connectivity index (χ3n) is 3.85. The first-order valence-electron chi connectivity index (χ1n) is 7.75. The Morgan fingerprint density at radius 1 is 1.12 bits per heavy atom. The van der Waals surface area contributed by atoms with Crippen LogP contribution in [0.5, 0.6) is 0 Å². The van der Waals surface area contributed by atoms with E-state index < -0.39 is 36.0 Å². The Labute approximate surface area is 148 Å². The van der Waals surface area contributed by atoms with Crippen LogP contribution < -0.4 is 0 Å². The molecule has 8 heteroatoms. The van der Waals surface area contributed by atoms with Crippen molar-refractivity contribution < 1.29 is 32.6 Å². The van der Waals surface area contributed by atoms with Gasteiger partial charge in [-0.1, -0.05) is 6.92 Å². The summed E-state index contributed by atoms with van der Waals surface area (Å²) in [6, 6.07) is 2.64. The molecule has 2 aromatic rings. The van der Waals surface area contributed by atoms with Gasteiger partial charge in [-0.25, -0.2) is 18.4 Å². The minimum atomic E-state index is -1.17. The molecule has 1 aromatic heterocycles. The fraction of sp³-hybridized carbons (Fsp3) is 0.278. The number of aromatic nitrogens is 1. The molecule has 0 aliphatic carbocycles. The predicted octanol–water partition coefficient (Wildman–Crippen LogP) is 2.99. The zero-order valence-electron chi connectivity index (χ0n) is 14.4. The summed E-state index contributed by atoms with van der Waals surface area (Å²) in [7, 11) is 1.23. The van der Waals surface area contributed by atoms with Crippen molar-refractivity contribution in [1.82, 2.24) is 4.98 Å². The number of nitrogens with one attached hydrogen (secondary N) is 1. The van der Waals surface area contributed by atoms with Crippen molar-refractivity contribution in [2.75, 3.05) is 13.7 Å². The van der Waals surface area contributed by atoms with Crippen molar-refractivity contribution in [1.29, 1.82) is 0 Å². The predicted molar refractivity (Wildman–Crippen MR) is 87.2 cm³/mol. The molecule has 0 amide bonds. The summed E-state index contributed by atoms with van der Waals surface area (Å²) in [6.07, 6.45) is 0.451. The Morgan fingerprint density at radius 2 is 1.81 bits per heavy atom. The lowest BCUT2D eigenvalue weighted by atomic mass is 10.1. The average molecular weight is 365 g/mol. The number of aromatic amines is 1. The number of Topliss-reactive ketones (excluding diaryl/α,β-unsaturated/α-hetero) is 1. The highest BCUT2D eigenvalue weighted by Crippen LogP contribution is 2.21. The topological polar surface area (TPSA) is 85.5 Å². The second-order valence-corrected chi connectivity index (χ2v) is 5.45. The molecule has 0 aliphatic rings. The summed E-state index contributed by atoms with van der Waals surface area (Å²) in [5.74, 6) is -4.37. The summed E-state index contributed by atoms with van der Waals surface area (Å²) in [4.78, 5) is 38.8. The molecule has 0 saturated carbocycles. The number of hydrogen-bond acceptors (Lipinski definition) is 5. The molecule has 0 unspecified atom stereocenters. The molecule has 0 atom stereocenters. The van der Waals surface area contributed by atoms with Crippen molar-refractivity contribution in [3.8, 4) is 0 Å². The van der Waals surface area contributed by atoms with Crippen molar-refractivity contribution >= 4 is 17.7 Å². The van der Waals surface area contributed by atoms with E-state index in [-0.39, 0.29) is 16.8 Å². The van der Waals surface area contributed by atoms with E-state index in [9.17, 15) is 23.2 Å². The fourth-order valence-electron chi connectivity index (χ4n) is 2.46. The van der Waals surface area contributed by atoms with Gasteiger partial charge in [0.05, 0.1) is 12.7 Å². The zero-order chi connectivity index (χ0) is 19.4. The number of aryl methyl sites for hydroxylation is 1. The van der Waals surface area contributed by atoms with Gasteiger partial charge in [-0.15, -0.1) is 0 Å². The van der Waals surface area contributed by atoms with Gasteiger partial charge < -0.3 is 14.5 Å². The van der Waals surface area contributed by atoms with Crippen LogP contribution >= 0.6 is 0 Å². The normalized spacial score (nSPS) is 10.5. The molecule has 138 valence electrons.